The number of rotatable bonds is 8. The maximum absolute atomic E-state index is 12.4. The third kappa shape index (κ3) is 6.03. The van der Waals surface area contributed by atoms with E-state index in [-0.39, 0.29) is 27.8 Å². The fourth-order valence-electron chi connectivity index (χ4n) is 2.70. The fourth-order valence-corrected chi connectivity index (χ4v) is 3.95. The summed E-state index contributed by atoms with van der Waals surface area (Å²) < 4.78 is 9.52. The SMILES string of the molecule is COC(=O)c1sc(NC(=O)CCN(C)Cc2ccc(Cl)cc2)c(C(=O)OC)c1C. The smallest absolute Gasteiger partial charge is 0.348 e. The highest BCUT2D eigenvalue weighted by molar-refractivity contribution is 7.18. The van der Waals surface area contributed by atoms with Gasteiger partial charge >= 0.3 is 11.9 Å². The first-order valence-corrected chi connectivity index (χ1v) is 9.99. The van der Waals surface area contributed by atoms with E-state index in [2.05, 4.69) is 5.32 Å². The number of nitrogens with one attached hydrogen (secondary N) is 1. The summed E-state index contributed by atoms with van der Waals surface area (Å²) in [7, 11) is 4.41. The van der Waals surface area contributed by atoms with Crippen molar-refractivity contribution in [3.8, 4) is 0 Å². The summed E-state index contributed by atoms with van der Waals surface area (Å²) in [6.07, 6.45) is 0.217. The zero-order chi connectivity index (χ0) is 21.6. The Hall–Kier alpha value is -2.42. The van der Waals surface area contributed by atoms with E-state index in [1.54, 1.807) is 6.92 Å². The second-order valence-electron chi connectivity index (χ2n) is 6.41. The maximum atomic E-state index is 12.4. The number of methoxy groups -OCH3 is 2. The number of esters is 2. The topological polar surface area (TPSA) is 84.9 Å². The largest absolute Gasteiger partial charge is 0.465 e. The lowest BCUT2D eigenvalue weighted by Crippen LogP contribution is -2.24. The van der Waals surface area contributed by atoms with E-state index in [0.717, 1.165) is 16.9 Å². The average Bonchev–Trinajstić information content (AvgIpc) is 3.02. The van der Waals surface area contributed by atoms with Crippen LogP contribution in [0.4, 0.5) is 5.00 Å². The van der Waals surface area contributed by atoms with Gasteiger partial charge in [0.25, 0.3) is 0 Å². The van der Waals surface area contributed by atoms with Crippen molar-refractivity contribution in [2.45, 2.75) is 19.9 Å². The van der Waals surface area contributed by atoms with Gasteiger partial charge in [0.2, 0.25) is 5.91 Å². The molecule has 0 aliphatic carbocycles. The minimum Gasteiger partial charge on any atom is -0.465 e. The minimum absolute atomic E-state index is 0.167. The van der Waals surface area contributed by atoms with Crippen LogP contribution in [-0.2, 0) is 20.8 Å². The van der Waals surface area contributed by atoms with Crippen LogP contribution in [0.3, 0.4) is 0 Å². The quantitative estimate of drug-likeness (QED) is 0.632. The van der Waals surface area contributed by atoms with Crippen LogP contribution in [0.1, 0.15) is 37.6 Å². The monoisotopic (exact) mass is 438 g/mol. The van der Waals surface area contributed by atoms with Crippen LogP contribution in [0.25, 0.3) is 0 Å². The van der Waals surface area contributed by atoms with Gasteiger partial charge in [0.1, 0.15) is 9.88 Å². The molecule has 0 atom stereocenters. The van der Waals surface area contributed by atoms with Crippen molar-refractivity contribution in [2.75, 3.05) is 33.1 Å². The Morgan fingerprint density at radius 2 is 1.72 bits per heavy atom. The van der Waals surface area contributed by atoms with Crippen molar-refractivity contribution < 1.29 is 23.9 Å². The second-order valence-corrected chi connectivity index (χ2v) is 7.86. The molecule has 1 heterocycles. The Bertz CT molecular complexity index is 895. The van der Waals surface area contributed by atoms with Crippen molar-refractivity contribution in [2.24, 2.45) is 0 Å². The fraction of sp³-hybridized carbons (Fsp3) is 0.350. The lowest BCUT2D eigenvalue weighted by atomic mass is 10.1. The molecule has 7 nitrogen and oxygen atoms in total. The summed E-state index contributed by atoms with van der Waals surface area (Å²) in [5, 5.41) is 3.67. The van der Waals surface area contributed by atoms with E-state index in [1.165, 1.54) is 14.2 Å². The summed E-state index contributed by atoms with van der Waals surface area (Å²) in [4.78, 5) is 38.7. The van der Waals surface area contributed by atoms with E-state index in [1.807, 2.05) is 36.2 Å². The molecule has 1 aromatic carbocycles. The molecule has 0 saturated carbocycles. The molecule has 2 rings (SSSR count). The minimum atomic E-state index is -0.621. The number of benzene rings is 1. The maximum Gasteiger partial charge on any atom is 0.348 e. The average molecular weight is 439 g/mol. The van der Waals surface area contributed by atoms with Crippen LogP contribution in [0.15, 0.2) is 24.3 Å². The van der Waals surface area contributed by atoms with Crippen LogP contribution < -0.4 is 5.32 Å². The number of carbonyl (C=O) groups is 3. The summed E-state index contributed by atoms with van der Waals surface area (Å²) >= 11 is 6.88. The highest BCUT2D eigenvalue weighted by atomic mass is 35.5. The Morgan fingerprint density at radius 3 is 2.31 bits per heavy atom. The van der Waals surface area contributed by atoms with E-state index in [9.17, 15) is 14.4 Å². The van der Waals surface area contributed by atoms with Gasteiger partial charge in [-0.25, -0.2) is 9.59 Å². The molecular weight excluding hydrogens is 416 g/mol. The molecule has 0 saturated heterocycles. The molecule has 0 aliphatic rings. The van der Waals surface area contributed by atoms with Gasteiger partial charge in [0.05, 0.1) is 19.8 Å². The molecule has 2 aromatic rings. The number of hydrogen-bond donors (Lipinski definition) is 1. The first kappa shape index (κ1) is 22.9. The third-order valence-electron chi connectivity index (χ3n) is 4.25. The van der Waals surface area contributed by atoms with Crippen LogP contribution in [0.5, 0.6) is 0 Å². The highest BCUT2D eigenvalue weighted by Crippen LogP contribution is 2.34. The van der Waals surface area contributed by atoms with Gasteiger partial charge in [0, 0.05) is 24.5 Å². The Labute approximate surface area is 178 Å². The Kier molecular flexibility index (Phi) is 8.19. The number of carbonyl (C=O) groups excluding carboxylic acids is 3. The summed E-state index contributed by atoms with van der Waals surface area (Å²) in [5.74, 6) is -1.46. The number of ether oxygens (including phenoxy) is 2. The molecule has 29 heavy (non-hydrogen) atoms. The van der Waals surface area contributed by atoms with E-state index >= 15 is 0 Å². The van der Waals surface area contributed by atoms with Gasteiger partial charge in [-0.15, -0.1) is 11.3 Å². The summed E-state index contributed by atoms with van der Waals surface area (Å²) in [6, 6.07) is 7.52. The molecule has 0 radical (unpaired) electrons. The predicted octanol–water partition coefficient (Wildman–Crippen LogP) is 3.74. The van der Waals surface area contributed by atoms with Gasteiger partial charge in [-0.3, -0.25) is 4.79 Å². The van der Waals surface area contributed by atoms with E-state index in [0.29, 0.717) is 23.7 Å². The lowest BCUT2D eigenvalue weighted by Gasteiger charge is -2.16. The molecule has 9 heteroatoms. The first-order valence-electron chi connectivity index (χ1n) is 8.79. The number of thiophene rings is 1. The van der Waals surface area contributed by atoms with Crippen LogP contribution in [0.2, 0.25) is 5.02 Å². The number of halogens is 1. The first-order chi connectivity index (χ1) is 13.8. The lowest BCUT2D eigenvalue weighted by molar-refractivity contribution is -0.116. The van der Waals surface area contributed by atoms with E-state index < -0.39 is 11.9 Å². The van der Waals surface area contributed by atoms with Gasteiger partial charge in [0.15, 0.2) is 0 Å². The Morgan fingerprint density at radius 1 is 1.10 bits per heavy atom. The summed E-state index contributed by atoms with van der Waals surface area (Å²) in [6.45, 7) is 2.79. The standard InChI is InChI=1S/C20H23ClN2O5S/c1-12-16(19(25)27-3)18(29-17(12)20(26)28-4)22-15(24)9-10-23(2)11-13-5-7-14(21)8-6-13/h5-8H,9-11H2,1-4H3,(H,22,24). The van der Waals surface area contributed by atoms with Gasteiger partial charge in [-0.2, -0.15) is 0 Å². The predicted molar refractivity (Wildman–Crippen MR) is 113 cm³/mol. The third-order valence-corrected chi connectivity index (χ3v) is 5.69. The molecule has 0 spiro atoms. The van der Waals surface area contributed by atoms with Crippen molar-refractivity contribution in [1.29, 1.82) is 0 Å². The normalized spacial score (nSPS) is 10.7. The molecule has 156 valence electrons. The Balaban J connectivity index is 2.03. The van der Waals surface area contributed by atoms with Crippen LogP contribution in [-0.4, -0.2) is 50.6 Å². The molecule has 1 amide bonds. The number of anilines is 1. The van der Waals surface area contributed by atoms with Crippen molar-refractivity contribution in [3.63, 3.8) is 0 Å². The molecule has 0 bridgehead atoms. The number of nitrogens with zero attached hydrogens (tertiary/aromatic N) is 1. The number of amides is 1. The molecular formula is C20H23ClN2O5S. The molecule has 1 N–H and O–H groups in total. The highest BCUT2D eigenvalue weighted by Gasteiger charge is 2.26. The summed E-state index contributed by atoms with van der Waals surface area (Å²) in [5.41, 5.74) is 1.67. The zero-order valence-corrected chi connectivity index (χ0v) is 18.3. The van der Waals surface area contributed by atoms with Crippen LogP contribution >= 0.6 is 22.9 Å². The molecule has 0 fully saturated rings. The zero-order valence-electron chi connectivity index (χ0n) is 16.7. The molecule has 1 aromatic heterocycles. The van der Waals surface area contributed by atoms with Crippen molar-refractivity contribution >= 4 is 45.8 Å². The van der Waals surface area contributed by atoms with Gasteiger partial charge < -0.3 is 19.7 Å². The van der Waals surface area contributed by atoms with E-state index in [4.69, 9.17) is 21.1 Å². The van der Waals surface area contributed by atoms with Gasteiger partial charge in [-0.1, -0.05) is 23.7 Å². The molecule has 0 aliphatic heterocycles. The van der Waals surface area contributed by atoms with Crippen molar-refractivity contribution in [1.82, 2.24) is 4.90 Å². The van der Waals surface area contributed by atoms with Gasteiger partial charge in [-0.05, 0) is 37.2 Å². The second kappa shape index (κ2) is 10.4. The van der Waals surface area contributed by atoms with Crippen molar-refractivity contribution in [3.05, 3.63) is 50.9 Å². The van der Waals surface area contributed by atoms with Crippen LogP contribution in [0, 0.1) is 6.92 Å². The number of hydrogen-bond acceptors (Lipinski definition) is 7. The molecule has 0 unspecified atom stereocenters.